The number of carbonyl (C=O) groups excluding carboxylic acids is 1. The zero-order valence-electron chi connectivity index (χ0n) is 13.0. The Bertz CT molecular complexity index is 399. The number of thioether (sulfide) groups is 1. The van der Waals surface area contributed by atoms with Crippen molar-refractivity contribution >= 4 is 23.8 Å². The molecule has 21 heavy (non-hydrogen) atoms. The molecule has 0 spiro atoms. The van der Waals surface area contributed by atoms with Gasteiger partial charge in [0.2, 0.25) is 0 Å². The lowest BCUT2D eigenvalue weighted by Gasteiger charge is -2.34. The fourth-order valence-electron chi connectivity index (χ4n) is 3.03. The van der Waals surface area contributed by atoms with Crippen molar-refractivity contribution in [2.45, 2.75) is 31.2 Å². The van der Waals surface area contributed by atoms with Gasteiger partial charge in [0.1, 0.15) is 6.04 Å². The molecule has 0 aromatic carbocycles. The van der Waals surface area contributed by atoms with Gasteiger partial charge in [0, 0.05) is 19.3 Å². The molecule has 0 aliphatic carbocycles. The molecule has 120 valence electrons. The van der Waals surface area contributed by atoms with Crippen molar-refractivity contribution in [1.82, 2.24) is 14.7 Å². The first kappa shape index (κ1) is 16.4. The summed E-state index contributed by atoms with van der Waals surface area (Å²) >= 11 is 1.52. The number of rotatable bonds is 3. The van der Waals surface area contributed by atoms with E-state index in [0.29, 0.717) is 18.2 Å². The predicted octanol–water partition coefficient (Wildman–Crippen LogP) is 1.23. The number of aliphatic carboxylic acids is 1. The summed E-state index contributed by atoms with van der Waals surface area (Å²) in [5.74, 6) is 0.0847. The summed E-state index contributed by atoms with van der Waals surface area (Å²) in [5.41, 5.74) is 0. The quantitative estimate of drug-likeness (QED) is 0.848. The Balaban J connectivity index is 1.93. The van der Waals surface area contributed by atoms with Crippen LogP contribution in [0.1, 0.15) is 19.8 Å². The van der Waals surface area contributed by atoms with Gasteiger partial charge < -0.3 is 14.9 Å². The average molecular weight is 315 g/mol. The van der Waals surface area contributed by atoms with Crippen LogP contribution in [0, 0.1) is 5.92 Å². The van der Waals surface area contributed by atoms with Crippen molar-refractivity contribution in [2.75, 3.05) is 39.5 Å². The molecule has 2 fully saturated rings. The number of piperidine rings is 1. The van der Waals surface area contributed by atoms with Gasteiger partial charge in [-0.2, -0.15) is 0 Å². The van der Waals surface area contributed by atoms with Gasteiger partial charge in [0.15, 0.2) is 0 Å². The Kier molecular flexibility index (Phi) is 5.37. The van der Waals surface area contributed by atoms with E-state index in [1.54, 1.807) is 11.9 Å². The molecule has 0 aromatic heterocycles. The molecule has 0 aromatic rings. The molecule has 2 unspecified atom stereocenters. The zero-order valence-corrected chi connectivity index (χ0v) is 13.8. The van der Waals surface area contributed by atoms with Gasteiger partial charge in [-0.1, -0.05) is 0 Å². The van der Waals surface area contributed by atoms with Gasteiger partial charge in [0.25, 0.3) is 0 Å². The maximum Gasteiger partial charge on any atom is 0.327 e. The highest BCUT2D eigenvalue weighted by Crippen LogP contribution is 2.30. The molecule has 6 nitrogen and oxygen atoms in total. The summed E-state index contributed by atoms with van der Waals surface area (Å²) in [6.45, 7) is 4.75. The topological polar surface area (TPSA) is 64.1 Å². The second-order valence-electron chi connectivity index (χ2n) is 6.10. The van der Waals surface area contributed by atoms with Crippen molar-refractivity contribution in [3.8, 4) is 0 Å². The number of hydrogen-bond donors (Lipinski definition) is 1. The van der Waals surface area contributed by atoms with E-state index in [1.807, 2.05) is 6.92 Å². The van der Waals surface area contributed by atoms with Crippen LogP contribution in [0.15, 0.2) is 0 Å². The second-order valence-corrected chi connectivity index (χ2v) is 7.45. The SMILES string of the molecule is CC1SCC(C(=O)O)N1C(=O)N(C)CC1CCN(C)CC1. The van der Waals surface area contributed by atoms with Crippen LogP contribution in [0.25, 0.3) is 0 Å². The fourth-order valence-corrected chi connectivity index (χ4v) is 4.19. The first-order valence-electron chi connectivity index (χ1n) is 7.46. The highest BCUT2D eigenvalue weighted by molar-refractivity contribution is 8.00. The number of nitrogens with zero attached hydrogens (tertiary/aromatic N) is 3. The lowest BCUT2D eigenvalue weighted by molar-refractivity contribution is -0.141. The molecule has 2 rings (SSSR count). The van der Waals surface area contributed by atoms with Crippen LogP contribution in [0.3, 0.4) is 0 Å². The Morgan fingerprint density at radius 1 is 1.33 bits per heavy atom. The molecule has 2 aliphatic heterocycles. The number of amides is 2. The third kappa shape index (κ3) is 3.83. The van der Waals surface area contributed by atoms with Gasteiger partial charge >= 0.3 is 12.0 Å². The minimum Gasteiger partial charge on any atom is -0.480 e. The summed E-state index contributed by atoms with van der Waals surface area (Å²) in [7, 11) is 3.90. The lowest BCUT2D eigenvalue weighted by atomic mass is 9.97. The molecule has 2 amide bonds. The zero-order chi connectivity index (χ0) is 15.6. The first-order chi connectivity index (χ1) is 9.90. The van der Waals surface area contributed by atoms with Crippen molar-refractivity contribution in [3.63, 3.8) is 0 Å². The number of carboxylic acid groups (broad SMARTS) is 1. The number of carbonyl (C=O) groups is 2. The summed E-state index contributed by atoms with van der Waals surface area (Å²) in [6.07, 6.45) is 2.20. The highest BCUT2D eigenvalue weighted by Gasteiger charge is 2.40. The third-order valence-electron chi connectivity index (χ3n) is 4.43. The van der Waals surface area contributed by atoms with Crippen LogP contribution in [0.4, 0.5) is 4.79 Å². The fraction of sp³-hybridized carbons (Fsp3) is 0.857. The van der Waals surface area contributed by atoms with Gasteiger partial charge in [-0.05, 0) is 45.8 Å². The van der Waals surface area contributed by atoms with Crippen LogP contribution in [0.5, 0.6) is 0 Å². The minimum atomic E-state index is -0.909. The molecule has 2 heterocycles. The number of likely N-dealkylation sites (tertiary alicyclic amines) is 1. The van der Waals surface area contributed by atoms with Crippen molar-refractivity contribution < 1.29 is 14.7 Å². The molecule has 2 atom stereocenters. The third-order valence-corrected chi connectivity index (χ3v) is 5.64. The Morgan fingerprint density at radius 2 is 1.95 bits per heavy atom. The van der Waals surface area contributed by atoms with E-state index < -0.39 is 12.0 Å². The summed E-state index contributed by atoms with van der Waals surface area (Å²) in [6, 6.07) is -0.851. The molecule has 0 bridgehead atoms. The number of carboxylic acids is 1. The Hall–Kier alpha value is -0.950. The Morgan fingerprint density at radius 3 is 2.52 bits per heavy atom. The van der Waals surface area contributed by atoms with E-state index in [4.69, 9.17) is 0 Å². The molecular formula is C14H25N3O3S. The molecule has 7 heteroatoms. The standard InChI is InChI=1S/C14H25N3O3S/c1-10-17(12(9-21-10)13(18)19)14(20)16(3)8-11-4-6-15(2)7-5-11/h10-12H,4-9H2,1-3H3,(H,18,19). The minimum absolute atomic E-state index is 0.0708. The van der Waals surface area contributed by atoms with Gasteiger partial charge in [-0.3, -0.25) is 4.90 Å². The van der Waals surface area contributed by atoms with E-state index in [2.05, 4.69) is 11.9 Å². The first-order valence-corrected chi connectivity index (χ1v) is 8.51. The number of urea groups is 1. The van der Waals surface area contributed by atoms with E-state index in [-0.39, 0.29) is 11.4 Å². The molecule has 2 saturated heterocycles. The van der Waals surface area contributed by atoms with E-state index in [0.717, 1.165) is 25.9 Å². The monoisotopic (exact) mass is 315 g/mol. The number of hydrogen-bond acceptors (Lipinski definition) is 4. The molecule has 0 radical (unpaired) electrons. The highest BCUT2D eigenvalue weighted by atomic mass is 32.2. The maximum absolute atomic E-state index is 12.6. The van der Waals surface area contributed by atoms with Crippen LogP contribution in [-0.2, 0) is 4.79 Å². The van der Waals surface area contributed by atoms with E-state index in [1.165, 1.54) is 16.7 Å². The van der Waals surface area contributed by atoms with Crippen LogP contribution >= 0.6 is 11.8 Å². The summed E-state index contributed by atoms with van der Waals surface area (Å²) < 4.78 is 0. The van der Waals surface area contributed by atoms with Crippen molar-refractivity contribution in [1.29, 1.82) is 0 Å². The van der Waals surface area contributed by atoms with Crippen molar-refractivity contribution in [2.24, 2.45) is 5.92 Å². The van der Waals surface area contributed by atoms with Gasteiger partial charge in [-0.15, -0.1) is 11.8 Å². The maximum atomic E-state index is 12.6. The predicted molar refractivity (Wildman–Crippen MR) is 83.4 cm³/mol. The van der Waals surface area contributed by atoms with Gasteiger partial charge in [-0.25, -0.2) is 9.59 Å². The Labute approximate surface area is 130 Å². The van der Waals surface area contributed by atoms with E-state index in [9.17, 15) is 14.7 Å². The normalized spacial score (nSPS) is 27.9. The molecule has 0 saturated carbocycles. The van der Waals surface area contributed by atoms with E-state index >= 15 is 0 Å². The lowest BCUT2D eigenvalue weighted by Crippen LogP contribution is -2.51. The summed E-state index contributed by atoms with van der Waals surface area (Å²) in [4.78, 5) is 29.4. The average Bonchev–Trinajstić information content (AvgIpc) is 2.82. The molecular weight excluding hydrogens is 290 g/mol. The van der Waals surface area contributed by atoms with Gasteiger partial charge in [0.05, 0.1) is 5.37 Å². The van der Waals surface area contributed by atoms with Crippen LogP contribution in [-0.4, -0.2) is 82.7 Å². The smallest absolute Gasteiger partial charge is 0.327 e. The van der Waals surface area contributed by atoms with Crippen LogP contribution < -0.4 is 0 Å². The van der Waals surface area contributed by atoms with Crippen molar-refractivity contribution in [3.05, 3.63) is 0 Å². The molecule has 1 N–H and O–H groups in total. The second kappa shape index (κ2) is 6.87. The van der Waals surface area contributed by atoms with Crippen LogP contribution in [0.2, 0.25) is 0 Å². The summed E-state index contributed by atoms with van der Waals surface area (Å²) in [5, 5.41) is 9.18. The largest absolute Gasteiger partial charge is 0.480 e. The molecule has 2 aliphatic rings.